The summed E-state index contributed by atoms with van der Waals surface area (Å²) in [4.78, 5) is 17.4. The summed E-state index contributed by atoms with van der Waals surface area (Å²) in [6.07, 6.45) is 8.36. The molecule has 2 heterocycles. The number of hydrogen-bond donors (Lipinski definition) is 0. The number of hydroxylamine groups is 1. The van der Waals surface area contributed by atoms with Crippen molar-refractivity contribution < 1.29 is 18.8 Å². The number of amides is 1. The van der Waals surface area contributed by atoms with Gasteiger partial charge in [0.2, 0.25) is 0 Å². The normalized spacial score (nSPS) is 16.6. The Morgan fingerprint density at radius 2 is 1.88 bits per heavy atom. The SMILES string of the molecule is CCON1C(=O)COc2cc(F)c(-n3cc4c(c3)CCCC4)cc21. The summed E-state index contributed by atoms with van der Waals surface area (Å²) in [5, 5.41) is 1.20. The van der Waals surface area contributed by atoms with Gasteiger partial charge in [-0.2, -0.15) is 5.06 Å². The zero-order valence-corrected chi connectivity index (χ0v) is 13.5. The largest absolute Gasteiger partial charge is 0.481 e. The van der Waals surface area contributed by atoms with E-state index in [9.17, 15) is 9.18 Å². The monoisotopic (exact) mass is 330 g/mol. The summed E-state index contributed by atoms with van der Waals surface area (Å²) in [6, 6.07) is 2.94. The van der Waals surface area contributed by atoms with Crippen LogP contribution >= 0.6 is 0 Å². The van der Waals surface area contributed by atoms with E-state index in [4.69, 9.17) is 9.57 Å². The molecule has 0 saturated carbocycles. The van der Waals surface area contributed by atoms with Gasteiger partial charge < -0.3 is 9.30 Å². The topological polar surface area (TPSA) is 43.7 Å². The second-order valence-corrected chi connectivity index (χ2v) is 6.09. The van der Waals surface area contributed by atoms with Crippen LogP contribution in [0.25, 0.3) is 5.69 Å². The first kappa shape index (κ1) is 15.2. The highest BCUT2D eigenvalue weighted by Crippen LogP contribution is 2.36. The number of rotatable bonds is 3. The van der Waals surface area contributed by atoms with Crippen molar-refractivity contribution in [3.63, 3.8) is 0 Å². The molecule has 6 heteroatoms. The van der Waals surface area contributed by atoms with Gasteiger partial charge in [0, 0.05) is 18.5 Å². The summed E-state index contributed by atoms with van der Waals surface area (Å²) in [7, 11) is 0. The quantitative estimate of drug-likeness (QED) is 0.868. The van der Waals surface area contributed by atoms with E-state index in [1.54, 1.807) is 17.6 Å². The van der Waals surface area contributed by atoms with Gasteiger partial charge in [-0.15, -0.1) is 0 Å². The van der Waals surface area contributed by atoms with Crippen LogP contribution in [0, 0.1) is 5.82 Å². The molecule has 1 aliphatic carbocycles. The Morgan fingerprint density at radius 3 is 2.54 bits per heavy atom. The van der Waals surface area contributed by atoms with Crippen LogP contribution in [0.5, 0.6) is 5.75 Å². The predicted molar refractivity (Wildman–Crippen MR) is 87.0 cm³/mol. The number of hydrogen-bond acceptors (Lipinski definition) is 3. The van der Waals surface area contributed by atoms with Crippen molar-refractivity contribution in [1.29, 1.82) is 0 Å². The van der Waals surface area contributed by atoms with Crippen LogP contribution in [0.4, 0.5) is 10.1 Å². The van der Waals surface area contributed by atoms with E-state index in [-0.39, 0.29) is 18.3 Å². The lowest BCUT2D eigenvalue weighted by Gasteiger charge is -2.28. The Morgan fingerprint density at radius 1 is 1.17 bits per heavy atom. The van der Waals surface area contributed by atoms with E-state index in [1.165, 1.54) is 35.1 Å². The molecule has 126 valence electrons. The molecule has 1 aromatic carbocycles. The van der Waals surface area contributed by atoms with E-state index in [0.29, 0.717) is 23.7 Å². The van der Waals surface area contributed by atoms with Gasteiger partial charge >= 0.3 is 0 Å². The van der Waals surface area contributed by atoms with Crippen molar-refractivity contribution in [2.45, 2.75) is 32.6 Å². The first-order valence-corrected chi connectivity index (χ1v) is 8.29. The number of carbonyl (C=O) groups excluding carboxylic acids is 1. The first-order chi connectivity index (χ1) is 11.7. The third-order valence-corrected chi connectivity index (χ3v) is 4.51. The molecule has 0 atom stereocenters. The highest BCUT2D eigenvalue weighted by molar-refractivity contribution is 5.96. The molecule has 4 rings (SSSR count). The molecular formula is C18H19FN2O3. The van der Waals surface area contributed by atoms with Crippen LogP contribution in [0.2, 0.25) is 0 Å². The number of fused-ring (bicyclic) bond motifs is 2. The van der Waals surface area contributed by atoms with Gasteiger partial charge in [-0.3, -0.25) is 9.63 Å². The highest BCUT2D eigenvalue weighted by atomic mass is 19.1. The predicted octanol–water partition coefficient (Wildman–Crippen LogP) is 3.17. The molecule has 5 nitrogen and oxygen atoms in total. The summed E-state index contributed by atoms with van der Waals surface area (Å²) >= 11 is 0. The van der Waals surface area contributed by atoms with Crippen molar-refractivity contribution in [1.82, 2.24) is 4.57 Å². The Bertz CT molecular complexity index is 776. The van der Waals surface area contributed by atoms with E-state index in [0.717, 1.165) is 12.8 Å². The van der Waals surface area contributed by atoms with Crippen LogP contribution in [0.15, 0.2) is 24.5 Å². The fraction of sp³-hybridized carbons (Fsp3) is 0.389. The zero-order valence-electron chi connectivity index (χ0n) is 13.5. The summed E-state index contributed by atoms with van der Waals surface area (Å²) in [5.41, 5.74) is 3.38. The lowest BCUT2D eigenvalue weighted by Crippen LogP contribution is -2.39. The Balaban J connectivity index is 1.79. The van der Waals surface area contributed by atoms with Crippen LogP contribution in [-0.2, 0) is 22.5 Å². The molecule has 1 amide bonds. The standard InChI is InChI=1S/C18H19FN2O3/c1-2-24-21-16-8-15(14(19)7-17(16)23-11-18(21)22)20-9-12-5-3-4-6-13(12)10-20/h7-10H,2-6,11H2,1H3. The minimum Gasteiger partial charge on any atom is -0.481 e. The van der Waals surface area contributed by atoms with Crippen molar-refractivity contribution in [2.24, 2.45) is 0 Å². The number of nitrogens with zero attached hydrogens (tertiary/aromatic N) is 2. The maximum atomic E-state index is 14.6. The second kappa shape index (κ2) is 5.94. The molecule has 1 aromatic heterocycles. The summed E-state index contributed by atoms with van der Waals surface area (Å²) in [6.45, 7) is 1.99. The van der Waals surface area contributed by atoms with Gasteiger partial charge in [0.25, 0.3) is 5.91 Å². The van der Waals surface area contributed by atoms with E-state index < -0.39 is 0 Å². The fourth-order valence-electron chi connectivity index (χ4n) is 3.37. The molecule has 2 aliphatic rings. The van der Waals surface area contributed by atoms with Crippen LogP contribution in [0.3, 0.4) is 0 Å². The van der Waals surface area contributed by atoms with E-state index >= 15 is 0 Å². The average molecular weight is 330 g/mol. The van der Waals surface area contributed by atoms with E-state index in [2.05, 4.69) is 0 Å². The van der Waals surface area contributed by atoms with Crippen molar-refractivity contribution >= 4 is 11.6 Å². The van der Waals surface area contributed by atoms with Crippen LogP contribution in [-0.4, -0.2) is 23.7 Å². The molecule has 2 aromatic rings. The molecule has 0 bridgehead atoms. The number of anilines is 1. The Labute approximate surface area is 139 Å². The minimum absolute atomic E-state index is 0.149. The van der Waals surface area contributed by atoms with Crippen molar-refractivity contribution in [3.05, 3.63) is 41.5 Å². The molecule has 0 spiro atoms. The Hall–Kier alpha value is -2.34. The Kier molecular flexibility index (Phi) is 3.76. The average Bonchev–Trinajstić information content (AvgIpc) is 3.01. The molecule has 0 N–H and O–H groups in total. The lowest BCUT2D eigenvalue weighted by molar-refractivity contribution is -0.129. The van der Waals surface area contributed by atoms with Crippen molar-refractivity contribution in [2.75, 3.05) is 18.3 Å². The highest BCUT2D eigenvalue weighted by Gasteiger charge is 2.28. The second-order valence-electron chi connectivity index (χ2n) is 6.09. The fourth-order valence-corrected chi connectivity index (χ4v) is 3.37. The maximum absolute atomic E-state index is 14.6. The number of carbonyl (C=O) groups is 1. The van der Waals surface area contributed by atoms with E-state index in [1.807, 2.05) is 12.4 Å². The molecular weight excluding hydrogens is 311 g/mol. The van der Waals surface area contributed by atoms with Crippen LogP contribution in [0.1, 0.15) is 30.9 Å². The zero-order chi connectivity index (χ0) is 16.7. The smallest absolute Gasteiger partial charge is 0.288 e. The van der Waals surface area contributed by atoms with Gasteiger partial charge in [0.05, 0.1) is 12.3 Å². The third kappa shape index (κ3) is 2.47. The lowest BCUT2D eigenvalue weighted by atomic mass is 9.96. The first-order valence-electron chi connectivity index (χ1n) is 8.29. The molecule has 0 unspecified atom stereocenters. The molecule has 0 radical (unpaired) electrons. The van der Waals surface area contributed by atoms with Gasteiger partial charge in [0.15, 0.2) is 12.4 Å². The summed E-state index contributed by atoms with van der Waals surface area (Å²) < 4.78 is 21.7. The van der Waals surface area contributed by atoms with Crippen LogP contribution < -0.4 is 9.80 Å². The number of halogens is 1. The van der Waals surface area contributed by atoms with Gasteiger partial charge in [0.1, 0.15) is 11.4 Å². The molecule has 0 saturated heterocycles. The number of benzene rings is 1. The molecule has 24 heavy (non-hydrogen) atoms. The van der Waals surface area contributed by atoms with Crippen molar-refractivity contribution in [3.8, 4) is 11.4 Å². The number of aryl methyl sites for hydroxylation is 2. The third-order valence-electron chi connectivity index (χ3n) is 4.51. The number of ether oxygens (including phenoxy) is 1. The minimum atomic E-state index is -0.383. The molecule has 1 aliphatic heterocycles. The maximum Gasteiger partial charge on any atom is 0.288 e. The summed E-state index contributed by atoms with van der Waals surface area (Å²) in [5.74, 6) is -0.359. The molecule has 0 fully saturated rings. The van der Waals surface area contributed by atoms with Gasteiger partial charge in [-0.1, -0.05) is 0 Å². The van der Waals surface area contributed by atoms with Gasteiger partial charge in [-0.25, -0.2) is 4.39 Å². The van der Waals surface area contributed by atoms with Gasteiger partial charge in [-0.05, 0) is 49.8 Å². The number of aromatic nitrogens is 1.